The molecule has 0 unspecified atom stereocenters. The molecule has 3 aromatic rings. The van der Waals surface area contributed by atoms with E-state index in [-0.39, 0.29) is 10.9 Å². The largest absolute Gasteiger partial charge is 0.534 e. The standard InChI is InChI=1S/C22H17F7O3S/c1-2-3-4-5-12-8-15(23)19(16(24)9-12)14-10-13-6-7-18(21(26)20(13)17(25)11-14)32-33(30,31)22(27,28)29/h6-11H,2-5H2,1H3. The van der Waals surface area contributed by atoms with Gasteiger partial charge in [-0.2, -0.15) is 21.6 Å². The number of benzene rings is 3. The Morgan fingerprint density at radius 3 is 2.09 bits per heavy atom. The van der Waals surface area contributed by atoms with Crippen LogP contribution in [0.25, 0.3) is 21.9 Å². The maximum atomic E-state index is 14.7. The van der Waals surface area contributed by atoms with E-state index in [0.29, 0.717) is 24.1 Å². The van der Waals surface area contributed by atoms with Gasteiger partial charge in [-0.15, -0.1) is 0 Å². The van der Waals surface area contributed by atoms with Crippen molar-refractivity contribution in [2.75, 3.05) is 0 Å². The van der Waals surface area contributed by atoms with Crippen LogP contribution in [0, 0.1) is 23.3 Å². The maximum Gasteiger partial charge on any atom is 0.534 e. The number of rotatable bonds is 7. The van der Waals surface area contributed by atoms with E-state index in [4.69, 9.17) is 0 Å². The molecule has 3 nitrogen and oxygen atoms in total. The lowest BCUT2D eigenvalue weighted by Crippen LogP contribution is -2.28. The van der Waals surface area contributed by atoms with Crippen molar-refractivity contribution in [2.45, 2.75) is 38.1 Å². The lowest BCUT2D eigenvalue weighted by atomic mass is 9.97. The van der Waals surface area contributed by atoms with Crippen LogP contribution in [0.3, 0.4) is 0 Å². The summed E-state index contributed by atoms with van der Waals surface area (Å²) < 4.78 is 122. The van der Waals surface area contributed by atoms with Crippen molar-refractivity contribution in [1.29, 1.82) is 0 Å². The Kier molecular flexibility index (Phi) is 6.92. The summed E-state index contributed by atoms with van der Waals surface area (Å²) in [6.45, 7) is 1.98. The maximum absolute atomic E-state index is 14.7. The van der Waals surface area contributed by atoms with Crippen molar-refractivity contribution >= 4 is 20.9 Å². The highest BCUT2D eigenvalue weighted by atomic mass is 32.2. The summed E-state index contributed by atoms with van der Waals surface area (Å²) in [5.74, 6) is -6.38. The topological polar surface area (TPSA) is 43.4 Å². The monoisotopic (exact) mass is 494 g/mol. The molecule has 0 aliphatic carbocycles. The van der Waals surface area contributed by atoms with Crippen LogP contribution in [-0.4, -0.2) is 13.9 Å². The predicted octanol–water partition coefficient (Wildman–Crippen LogP) is 7.02. The minimum absolute atomic E-state index is 0.272. The zero-order valence-corrected chi connectivity index (χ0v) is 17.9. The molecule has 0 N–H and O–H groups in total. The van der Waals surface area contributed by atoms with Gasteiger partial charge in [-0.25, -0.2) is 17.6 Å². The van der Waals surface area contributed by atoms with Crippen molar-refractivity contribution in [1.82, 2.24) is 0 Å². The number of unbranched alkanes of at least 4 members (excludes halogenated alkanes) is 2. The number of aryl methyl sites for hydroxylation is 1. The van der Waals surface area contributed by atoms with E-state index in [2.05, 4.69) is 4.18 Å². The fourth-order valence-corrected chi connectivity index (χ4v) is 3.81. The number of hydrogen-bond acceptors (Lipinski definition) is 3. The summed E-state index contributed by atoms with van der Waals surface area (Å²) in [7, 11) is -6.19. The Hall–Kier alpha value is -2.82. The number of halogens is 7. The summed E-state index contributed by atoms with van der Waals surface area (Å²) in [6, 6.07) is 5.30. The first-order valence-corrected chi connectivity index (χ1v) is 11.2. The first-order chi connectivity index (χ1) is 15.4. The Labute approximate surface area is 184 Å². The van der Waals surface area contributed by atoms with Gasteiger partial charge in [-0.1, -0.05) is 25.8 Å². The molecule has 3 rings (SSSR count). The third kappa shape index (κ3) is 5.07. The Morgan fingerprint density at radius 2 is 1.52 bits per heavy atom. The average molecular weight is 494 g/mol. The predicted molar refractivity (Wildman–Crippen MR) is 108 cm³/mol. The fraction of sp³-hybridized carbons (Fsp3) is 0.273. The summed E-state index contributed by atoms with van der Waals surface area (Å²) in [6.07, 6.45) is 2.98. The molecular weight excluding hydrogens is 477 g/mol. The molecule has 33 heavy (non-hydrogen) atoms. The second-order valence-corrected chi connectivity index (χ2v) is 8.85. The molecule has 0 radical (unpaired) electrons. The highest BCUT2D eigenvalue weighted by molar-refractivity contribution is 7.88. The molecule has 0 spiro atoms. The van der Waals surface area contributed by atoms with Gasteiger partial charge >= 0.3 is 15.6 Å². The van der Waals surface area contributed by atoms with Gasteiger partial charge in [-0.05, 0) is 59.7 Å². The summed E-state index contributed by atoms with van der Waals surface area (Å²) >= 11 is 0. The molecule has 0 aromatic heterocycles. The van der Waals surface area contributed by atoms with E-state index in [9.17, 15) is 39.2 Å². The number of alkyl halides is 3. The van der Waals surface area contributed by atoms with Gasteiger partial charge in [-0.3, -0.25) is 0 Å². The SMILES string of the molecule is CCCCCc1cc(F)c(-c2cc(F)c3c(F)c(OS(=O)(=O)C(F)(F)F)ccc3c2)c(F)c1. The van der Waals surface area contributed by atoms with Crippen LogP contribution in [0.2, 0.25) is 0 Å². The van der Waals surface area contributed by atoms with E-state index in [0.717, 1.165) is 43.5 Å². The summed E-state index contributed by atoms with van der Waals surface area (Å²) in [5, 5.41) is -1.17. The van der Waals surface area contributed by atoms with Crippen LogP contribution in [0.1, 0.15) is 31.7 Å². The van der Waals surface area contributed by atoms with Crippen molar-refractivity contribution < 1.29 is 43.3 Å². The van der Waals surface area contributed by atoms with Crippen molar-refractivity contribution in [3.8, 4) is 16.9 Å². The average Bonchev–Trinajstić information content (AvgIpc) is 2.68. The highest BCUT2D eigenvalue weighted by Crippen LogP contribution is 2.36. The van der Waals surface area contributed by atoms with Gasteiger partial charge in [0.15, 0.2) is 11.6 Å². The second-order valence-electron chi connectivity index (χ2n) is 7.31. The molecule has 0 atom stereocenters. The molecule has 11 heteroatoms. The zero-order chi connectivity index (χ0) is 24.6. The smallest absolute Gasteiger partial charge is 0.373 e. The number of hydrogen-bond donors (Lipinski definition) is 0. The van der Waals surface area contributed by atoms with E-state index >= 15 is 0 Å². The number of fused-ring (bicyclic) bond motifs is 1. The third-order valence-corrected chi connectivity index (χ3v) is 5.88. The van der Waals surface area contributed by atoms with E-state index in [1.165, 1.54) is 0 Å². The molecule has 0 aliphatic rings. The normalized spacial score (nSPS) is 12.4. The van der Waals surface area contributed by atoms with Gasteiger partial charge < -0.3 is 4.18 Å². The van der Waals surface area contributed by atoms with Crippen LogP contribution < -0.4 is 4.18 Å². The van der Waals surface area contributed by atoms with Gasteiger partial charge in [0.1, 0.15) is 17.5 Å². The molecule has 178 valence electrons. The van der Waals surface area contributed by atoms with Crippen LogP contribution in [0.15, 0.2) is 36.4 Å². The lowest BCUT2D eigenvalue weighted by molar-refractivity contribution is -0.0500. The summed E-state index contributed by atoms with van der Waals surface area (Å²) in [5.41, 5.74) is -6.24. The van der Waals surface area contributed by atoms with Gasteiger partial charge in [0, 0.05) is 0 Å². The van der Waals surface area contributed by atoms with E-state index < -0.39 is 55.6 Å². The summed E-state index contributed by atoms with van der Waals surface area (Å²) in [4.78, 5) is 0. The Bertz CT molecular complexity index is 1280. The molecule has 0 fully saturated rings. The van der Waals surface area contributed by atoms with Crippen LogP contribution in [-0.2, 0) is 16.5 Å². The molecule has 0 heterocycles. The van der Waals surface area contributed by atoms with Gasteiger partial charge in [0.05, 0.1) is 10.9 Å². The van der Waals surface area contributed by atoms with Crippen LogP contribution in [0.4, 0.5) is 30.7 Å². The van der Waals surface area contributed by atoms with Crippen molar-refractivity contribution in [2.24, 2.45) is 0 Å². The lowest BCUT2D eigenvalue weighted by Gasteiger charge is -2.13. The minimum atomic E-state index is -6.19. The van der Waals surface area contributed by atoms with Crippen LogP contribution >= 0.6 is 0 Å². The first-order valence-electron chi connectivity index (χ1n) is 9.76. The van der Waals surface area contributed by atoms with Gasteiger partial charge in [0.2, 0.25) is 0 Å². The van der Waals surface area contributed by atoms with Crippen LogP contribution in [0.5, 0.6) is 5.75 Å². The second kappa shape index (κ2) is 9.20. The molecule has 3 aromatic carbocycles. The third-order valence-electron chi connectivity index (χ3n) is 4.91. The van der Waals surface area contributed by atoms with Crippen molar-refractivity contribution in [3.05, 3.63) is 65.2 Å². The van der Waals surface area contributed by atoms with Crippen molar-refractivity contribution in [3.63, 3.8) is 0 Å². The quantitative estimate of drug-likeness (QED) is 0.153. The molecule has 0 saturated heterocycles. The Morgan fingerprint density at radius 1 is 0.879 bits per heavy atom. The fourth-order valence-electron chi connectivity index (χ4n) is 3.35. The molecular formula is C22H17F7O3S. The highest BCUT2D eigenvalue weighted by Gasteiger charge is 2.49. The molecule has 0 bridgehead atoms. The van der Waals surface area contributed by atoms with Gasteiger partial charge in [0.25, 0.3) is 0 Å². The Balaban J connectivity index is 2.05. The zero-order valence-electron chi connectivity index (χ0n) is 17.1. The minimum Gasteiger partial charge on any atom is -0.373 e. The van der Waals surface area contributed by atoms with E-state index in [1.807, 2.05) is 6.92 Å². The molecule has 0 amide bonds. The molecule has 0 aliphatic heterocycles. The first kappa shape index (κ1) is 24.8. The molecule has 0 saturated carbocycles. The van der Waals surface area contributed by atoms with E-state index in [1.54, 1.807) is 0 Å².